The van der Waals surface area contributed by atoms with E-state index in [0.717, 1.165) is 21.9 Å². The maximum absolute atomic E-state index is 12.5. The summed E-state index contributed by atoms with van der Waals surface area (Å²) >= 11 is 1.48. The fraction of sp³-hybridized carbons (Fsp3) is 0.588. The predicted molar refractivity (Wildman–Crippen MR) is 88.5 cm³/mol. The average Bonchev–Trinajstić information content (AvgIpc) is 2.86. The lowest BCUT2D eigenvalue weighted by Crippen LogP contribution is -2.32. The Labute approximate surface area is 131 Å². The number of hydrogen-bond donors (Lipinski definition) is 1. The molecule has 0 aromatic carbocycles. The van der Waals surface area contributed by atoms with Gasteiger partial charge in [-0.1, -0.05) is 31.1 Å². The van der Waals surface area contributed by atoms with Crippen LogP contribution in [-0.4, -0.2) is 30.9 Å². The molecule has 4 heteroatoms. The summed E-state index contributed by atoms with van der Waals surface area (Å²) in [6.45, 7) is 3.22. The van der Waals surface area contributed by atoms with E-state index in [0.29, 0.717) is 12.5 Å². The van der Waals surface area contributed by atoms with E-state index in [1.165, 1.54) is 43.4 Å². The molecule has 0 atom stereocenters. The molecule has 1 saturated carbocycles. The molecule has 1 aromatic rings. The highest BCUT2D eigenvalue weighted by atomic mass is 32.1. The second-order valence-electron chi connectivity index (χ2n) is 5.82. The fourth-order valence-corrected chi connectivity index (χ4v) is 3.91. The molecule has 1 aliphatic rings. The lowest BCUT2D eigenvalue weighted by molar-refractivity contribution is 0.0765. The highest BCUT2D eigenvalue weighted by Gasteiger charge is 2.20. The van der Waals surface area contributed by atoms with Crippen LogP contribution in [-0.2, 0) is 0 Å². The first-order chi connectivity index (χ1) is 10.1. The minimum atomic E-state index is 0.120. The number of carbonyl (C=O) groups is 1. The highest BCUT2D eigenvalue weighted by Crippen LogP contribution is 2.26. The maximum Gasteiger partial charge on any atom is 0.263 e. The van der Waals surface area contributed by atoms with E-state index in [2.05, 4.69) is 11.8 Å². The van der Waals surface area contributed by atoms with Crippen molar-refractivity contribution in [2.24, 2.45) is 11.7 Å². The van der Waals surface area contributed by atoms with Crippen LogP contribution >= 0.6 is 11.3 Å². The van der Waals surface area contributed by atoms with Crippen LogP contribution < -0.4 is 5.73 Å². The van der Waals surface area contributed by atoms with Gasteiger partial charge in [-0.2, -0.15) is 0 Å². The molecule has 1 fully saturated rings. The molecule has 2 rings (SSSR count). The molecule has 1 aliphatic carbocycles. The minimum Gasteiger partial charge on any atom is -0.341 e. The Balaban J connectivity index is 2.01. The first kappa shape index (κ1) is 16.1. The van der Waals surface area contributed by atoms with Gasteiger partial charge in [-0.3, -0.25) is 4.79 Å². The quantitative estimate of drug-likeness (QED) is 0.873. The average molecular weight is 304 g/mol. The first-order valence-corrected chi connectivity index (χ1v) is 8.48. The summed E-state index contributed by atoms with van der Waals surface area (Å²) in [6, 6.07) is 1.95. The molecular weight excluding hydrogens is 280 g/mol. The van der Waals surface area contributed by atoms with Crippen molar-refractivity contribution in [3.05, 3.63) is 21.4 Å². The van der Waals surface area contributed by atoms with Crippen LogP contribution in [0.3, 0.4) is 0 Å². The zero-order chi connectivity index (χ0) is 15.2. The van der Waals surface area contributed by atoms with Gasteiger partial charge in [0, 0.05) is 13.6 Å². The number of carbonyl (C=O) groups excluding carboxylic acids is 1. The van der Waals surface area contributed by atoms with Gasteiger partial charge < -0.3 is 10.6 Å². The van der Waals surface area contributed by atoms with E-state index in [1.807, 2.05) is 24.9 Å². The predicted octanol–water partition coefficient (Wildman–Crippen LogP) is 3.02. The van der Waals surface area contributed by atoms with Gasteiger partial charge in [0.25, 0.3) is 5.91 Å². The fourth-order valence-electron chi connectivity index (χ4n) is 2.87. The van der Waals surface area contributed by atoms with Gasteiger partial charge >= 0.3 is 0 Å². The number of thiophene rings is 1. The van der Waals surface area contributed by atoms with Gasteiger partial charge in [0.1, 0.15) is 0 Å². The van der Waals surface area contributed by atoms with E-state index in [1.54, 1.807) is 0 Å². The Morgan fingerprint density at radius 2 is 2.14 bits per heavy atom. The van der Waals surface area contributed by atoms with E-state index < -0.39 is 0 Å². The Bertz CT molecular complexity index is 547. The molecule has 21 heavy (non-hydrogen) atoms. The third-order valence-electron chi connectivity index (χ3n) is 4.04. The summed E-state index contributed by atoms with van der Waals surface area (Å²) in [6.07, 6.45) is 6.48. The molecule has 0 bridgehead atoms. The zero-order valence-corrected chi connectivity index (χ0v) is 13.8. The van der Waals surface area contributed by atoms with E-state index in [-0.39, 0.29) is 5.91 Å². The number of aryl methyl sites for hydroxylation is 1. The van der Waals surface area contributed by atoms with Crippen molar-refractivity contribution >= 4 is 17.2 Å². The number of amides is 1. The topological polar surface area (TPSA) is 46.3 Å². The van der Waals surface area contributed by atoms with Crippen molar-refractivity contribution < 1.29 is 4.79 Å². The third-order valence-corrected chi connectivity index (χ3v) is 5.18. The van der Waals surface area contributed by atoms with Crippen LogP contribution in [0.2, 0.25) is 0 Å². The summed E-state index contributed by atoms with van der Waals surface area (Å²) < 4.78 is 0. The molecule has 0 spiro atoms. The summed E-state index contributed by atoms with van der Waals surface area (Å²) in [4.78, 5) is 16.1. The third kappa shape index (κ3) is 4.33. The van der Waals surface area contributed by atoms with Gasteiger partial charge in [0.15, 0.2) is 0 Å². The number of rotatable bonds is 3. The second kappa shape index (κ2) is 7.63. The Morgan fingerprint density at radius 3 is 2.81 bits per heavy atom. The number of nitrogens with two attached hydrogens (primary N) is 1. The lowest BCUT2D eigenvalue weighted by atomic mass is 9.89. The van der Waals surface area contributed by atoms with Crippen molar-refractivity contribution in [2.75, 3.05) is 20.1 Å². The van der Waals surface area contributed by atoms with Crippen molar-refractivity contribution in [1.82, 2.24) is 4.90 Å². The first-order valence-electron chi connectivity index (χ1n) is 7.66. The molecule has 114 valence electrons. The van der Waals surface area contributed by atoms with Gasteiger partial charge in [-0.15, -0.1) is 11.3 Å². The SMILES string of the molecule is Cc1cc(C(=O)N(C)CC2CCCCC2)sc1C#CCN. The summed E-state index contributed by atoms with van der Waals surface area (Å²) in [5.74, 6) is 6.69. The molecule has 0 saturated heterocycles. The molecule has 0 unspecified atom stereocenters. The molecule has 0 radical (unpaired) electrons. The molecular formula is C17H24N2OS. The van der Waals surface area contributed by atoms with Gasteiger partial charge in [0.2, 0.25) is 0 Å². The van der Waals surface area contributed by atoms with E-state index in [9.17, 15) is 4.79 Å². The summed E-state index contributed by atoms with van der Waals surface area (Å²) in [7, 11) is 1.91. The normalized spacial score (nSPS) is 15.4. The summed E-state index contributed by atoms with van der Waals surface area (Å²) in [5, 5.41) is 0. The van der Waals surface area contributed by atoms with Gasteiger partial charge in [0.05, 0.1) is 16.3 Å². The number of nitrogens with zero attached hydrogens (tertiary/aromatic N) is 1. The smallest absolute Gasteiger partial charge is 0.263 e. The Kier molecular flexibility index (Phi) is 5.84. The number of hydrogen-bond acceptors (Lipinski definition) is 3. The molecule has 1 aromatic heterocycles. The van der Waals surface area contributed by atoms with Crippen LogP contribution in [0.25, 0.3) is 0 Å². The highest BCUT2D eigenvalue weighted by molar-refractivity contribution is 7.14. The van der Waals surface area contributed by atoms with Crippen molar-refractivity contribution in [3.63, 3.8) is 0 Å². The van der Waals surface area contributed by atoms with Gasteiger partial charge in [-0.05, 0) is 37.3 Å². The van der Waals surface area contributed by atoms with Crippen LogP contribution in [0.1, 0.15) is 52.2 Å². The van der Waals surface area contributed by atoms with Crippen LogP contribution in [0, 0.1) is 24.7 Å². The maximum atomic E-state index is 12.5. The lowest BCUT2D eigenvalue weighted by Gasteiger charge is -2.26. The van der Waals surface area contributed by atoms with Crippen molar-refractivity contribution in [2.45, 2.75) is 39.0 Å². The zero-order valence-electron chi connectivity index (χ0n) is 12.9. The molecule has 1 heterocycles. The molecule has 3 nitrogen and oxygen atoms in total. The van der Waals surface area contributed by atoms with E-state index in [4.69, 9.17) is 5.73 Å². The largest absolute Gasteiger partial charge is 0.341 e. The Morgan fingerprint density at radius 1 is 1.43 bits per heavy atom. The van der Waals surface area contributed by atoms with Crippen LogP contribution in [0.4, 0.5) is 0 Å². The monoisotopic (exact) mass is 304 g/mol. The van der Waals surface area contributed by atoms with E-state index >= 15 is 0 Å². The van der Waals surface area contributed by atoms with Gasteiger partial charge in [-0.25, -0.2) is 0 Å². The molecule has 1 amide bonds. The minimum absolute atomic E-state index is 0.120. The van der Waals surface area contributed by atoms with Crippen LogP contribution in [0.5, 0.6) is 0 Å². The van der Waals surface area contributed by atoms with Crippen molar-refractivity contribution in [1.29, 1.82) is 0 Å². The summed E-state index contributed by atoms with van der Waals surface area (Å²) in [5.41, 5.74) is 6.47. The second-order valence-corrected chi connectivity index (χ2v) is 6.87. The van der Waals surface area contributed by atoms with Crippen LogP contribution in [0.15, 0.2) is 6.07 Å². The standard InChI is InChI=1S/C17H24N2OS/c1-13-11-16(21-15(13)9-6-10-18)17(20)19(2)12-14-7-4-3-5-8-14/h11,14H,3-5,7-8,10,12,18H2,1-2H3. The Hall–Kier alpha value is -1.31. The van der Waals surface area contributed by atoms with Crippen molar-refractivity contribution in [3.8, 4) is 11.8 Å². The molecule has 2 N–H and O–H groups in total. The molecule has 0 aliphatic heterocycles.